The second kappa shape index (κ2) is 8.01. The van der Waals surface area contributed by atoms with E-state index in [0.29, 0.717) is 5.56 Å². The molecule has 0 aliphatic heterocycles. The first-order chi connectivity index (χ1) is 9.93. The lowest BCUT2D eigenvalue weighted by molar-refractivity contribution is -0.148. The molecule has 0 radical (unpaired) electrons. The van der Waals surface area contributed by atoms with Gasteiger partial charge in [0, 0.05) is 12.7 Å². The summed E-state index contributed by atoms with van der Waals surface area (Å²) in [5.41, 5.74) is 1.48. The largest absolute Gasteiger partial charge is 0.479 e. The maximum Gasteiger partial charge on any atom is 0.334 e. The van der Waals surface area contributed by atoms with E-state index in [4.69, 9.17) is 5.11 Å². The molecule has 1 unspecified atom stereocenters. The number of carbonyl (C=O) groups excluding carboxylic acids is 2. The summed E-state index contributed by atoms with van der Waals surface area (Å²) >= 11 is 0. The maximum atomic E-state index is 11.8. The molecule has 7 nitrogen and oxygen atoms in total. The summed E-state index contributed by atoms with van der Waals surface area (Å²) in [6.07, 6.45) is -1.11. The molecule has 2 amide bonds. The van der Waals surface area contributed by atoms with Crippen molar-refractivity contribution in [2.24, 2.45) is 0 Å². The summed E-state index contributed by atoms with van der Waals surface area (Å²) in [5, 5.41) is 13.6. The topological polar surface area (TPSA) is 105 Å². The summed E-state index contributed by atoms with van der Waals surface area (Å²) in [6, 6.07) is 6.91. The van der Waals surface area contributed by atoms with E-state index < -0.39 is 18.0 Å². The SMILES string of the molecule is COC(CNC(=O)CNC(=O)c1ccc(C)cc1)C(=O)O. The van der Waals surface area contributed by atoms with Crippen LogP contribution in [0, 0.1) is 6.92 Å². The van der Waals surface area contributed by atoms with Crippen LogP contribution in [0.25, 0.3) is 0 Å². The molecular formula is C14H18N2O5. The van der Waals surface area contributed by atoms with Gasteiger partial charge >= 0.3 is 5.97 Å². The molecule has 0 aromatic heterocycles. The predicted octanol–water partition coefficient (Wildman–Crippen LogP) is -0.0594. The molecular weight excluding hydrogens is 276 g/mol. The zero-order chi connectivity index (χ0) is 15.8. The molecule has 0 heterocycles. The van der Waals surface area contributed by atoms with E-state index in [0.717, 1.165) is 5.56 Å². The van der Waals surface area contributed by atoms with Crippen molar-refractivity contribution in [3.63, 3.8) is 0 Å². The molecule has 0 saturated carbocycles. The van der Waals surface area contributed by atoms with Gasteiger partial charge < -0.3 is 20.5 Å². The van der Waals surface area contributed by atoms with Gasteiger partial charge in [-0.1, -0.05) is 17.7 Å². The number of aliphatic carboxylic acids is 1. The van der Waals surface area contributed by atoms with Crippen LogP contribution in [0.5, 0.6) is 0 Å². The Bertz CT molecular complexity index is 513. The number of carbonyl (C=O) groups is 3. The second-order valence-electron chi connectivity index (χ2n) is 4.42. The Morgan fingerprint density at radius 1 is 1.19 bits per heavy atom. The number of carboxylic acid groups (broad SMARTS) is 1. The number of rotatable bonds is 7. The number of hydrogen-bond acceptors (Lipinski definition) is 4. The van der Waals surface area contributed by atoms with E-state index in [1.165, 1.54) is 7.11 Å². The molecule has 21 heavy (non-hydrogen) atoms. The molecule has 0 spiro atoms. The van der Waals surface area contributed by atoms with E-state index >= 15 is 0 Å². The van der Waals surface area contributed by atoms with Crippen molar-refractivity contribution in [2.75, 3.05) is 20.2 Å². The average Bonchev–Trinajstić information content (AvgIpc) is 2.45. The van der Waals surface area contributed by atoms with E-state index in [-0.39, 0.29) is 19.0 Å². The van der Waals surface area contributed by atoms with Crippen LogP contribution in [0.4, 0.5) is 0 Å². The molecule has 0 aliphatic carbocycles. The van der Waals surface area contributed by atoms with Gasteiger partial charge in [-0.2, -0.15) is 0 Å². The highest BCUT2D eigenvalue weighted by atomic mass is 16.5. The van der Waals surface area contributed by atoms with Gasteiger partial charge in [-0.3, -0.25) is 9.59 Å². The van der Waals surface area contributed by atoms with Crippen LogP contribution in [0.15, 0.2) is 24.3 Å². The number of carboxylic acids is 1. The minimum atomic E-state index is -1.17. The van der Waals surface area contributed by atoms with Crippen molar-refractivity contribution < 1.29 is 24.2 Å². The van der Waals surface area contributed by atoms with Crippen LogP contribution in [0.1, 0.15) is 15.9 Å². The monoisotopic (exact) mass is 294 g/mol. The number of amides is 2. The van der Waals surface area contributed by atoms with Crippen molar-refractivity contribution in [2.45, 2.75) is 13.0 Å². The number of nitrogens with one attached hydrogen (secondary N) is 2. The highest BCUT2D eigenvalue weighted by molar-refractivity contribution is 5.96. The molecule has 0 bridgehead atoms. The van der Waals surface area contributed by atoms with Gasteiger partial charge in [0.05, 0.1) is 13.1 Å². The van der Waals surface area contributed by atoms with Gasteiger partial charge in [0.15, 0.2) is 6.10 Å². The summed E-state index contributed by atoms with van der Waals surface area (Å²) in [6.45, 7) is 1.51. The Morgan fingerprint density at radius 2 is 1.81 bits per heavy atom. The Balaban J connectivity index is 2.37. The Hall–Kier alpha value is -2.41. The third kappa shape index (κ3) is 5.62. The van der Waals surface area contributed by atoms with E-state index in [2.05, 4.69) is 15.4 Å². The molecule has 7 heteroatoms. The van der Waals surface area contributed by atoms with Gasteiger partial charge in [0.1, 0.15) is 0 Å². The van der Waals surface area contributed by atoms with Crippen LogP contribution >= 0.6 is 0 Å². The lowest BCUT2D eigenvalue weighted by Crippen LogP contribution is -2.42. The van der Waals surface area contributed by atoms with Crippen LogP contribution in [0.3, 0.4) is 0 Å². The van der Waals surface area contributed by atoms with Crippen molar-refractivity contribution in [3.8, 4) is 0 Å². The van der Waals surface area contributed by atoms with E-state index in [9.17, 15) is 14.4 Å². The fourth-order valence-corrected chi connectivity index (χ4v) is 1.51. The van der Waals surface area contributed by atoms with Crippen LogP contribution in [-0.2, 0) is 14.3 Å². The lowest BCUT2D eigenvalue weighted by atomic mass is 10.1. The van der Waals surface area contributed by atoms with Crippen molar-refractivity contribution >= 4 is 17.8 Å². The normalized spacial score (nSPS) is 11.5. The first kappa shape index (κ1) is 16.6. The average molecular weight is 294 g/mol. The third-order valence-corrected chi connectivity index (χ3v) is 2.77. The molecule has 0 aliphatic rings. The Kier molecular flexibility index (Phi) is 6.35. The lowest BCUT2D eigenvalue weighted by Gasteiger charge is -2.12. The maximum absolute atomic E-state index is 11.8. The van der Waals surface area contributed by atoms with E-state index in [1.54, 1.807) is 24.3 Å². The fraction of sp³-hybridized carbons (Fsp3) is 0.357. The second-order valence-corrected chi connectivity index (χ2v) is 4.42. The third-order valence-electron chi connectivity index (χ3n) is 2.77. The standard InChI is InChI=1S/C14H18N2O5/c1-9-3-5-10(6-4-9)13(18)16-8-12(17)15-7-11(21-2)14(19)20/h3-6,11H,7-8H2,1-2H3,(H,15,17)(H,16,18)(H,19,20). The van der Waals surface area contributed by atoms with Crippen molar-refractivity contribution in [3.05, 3.63) is 35.4 Å². The highest BCUT2D eigenvalue weighted by Crippen LogP contribution is 2.02. The quantitative estimate of drug-likeness (QED) is 0.653. The number of hydrogen-bond donors (Lipinski definition) is 3. The van der Waals surface area contributed by atoms with Crippen LogP contribution in [-0.4, -0.2) is 49.2 Å². The van der Waals surface area contributed by atoms with Crippen LogP contribution < -0.4 is 10.6 Å². The molecule has 1 aromatic carbocycles. The number of ether oxygens (including phenoxy) is 1. The predicted molar refractivity (Wildman–Crippen MR) is 75.0 cm³/mol. The minimum Gasteiger partial charge on any atom is -0.479 e. The first-order valence-electron chi connectivity index (χ1n) is 6.31. The number of benzene rings is 1. The zero-order valence-electron chi connectivity index (χ0n) is 11.9. The van der Waals surface area contributed by atoms with Gasteiger partial charge in [0.25, 0.3) is 5.91 Å². The molecule has 114 valence electrons. The summed E-state index contributed by atoms with van der Waals surface area (Å²) in [4.78, 5) is 33.9. The summed E-state index contributed by atoms with van der Waals surface area (Å²) in [5.74, 6) is -2.02. The summed E-state index contributed by atoms with van der Waals surface area (Å²) in [7, 11) is 1.24. The van der Waals surface area contributed by atoms with Gasteiger partial charge in [-0.25, -0.2) is 4.79 Å². The zero-order valence-corrected chi connectivity index (χ0v) is 11.9. The van der Waals surface area contributed by atoms with Crippen LogP contribution in [0.2, 0.25) is 0 Å². The van der Waals surface area contributed by atoms with Gasteiger partial charge in [0.2, 0.25) is 5.91 Å². The molecule has 1 rings (SSSR count). The molecule has 1 atom stereocenters. The minimum absolute atomic E-state index is 0.162. The Morgan fingerprint density at radius 3 is 2.33 bits per heavy atom. The van der Waals surface area contributed by atoms with Crippen molar-refractivity contribution in [1.82, 2.24) is 10.6 Å². The molecule has 3 N–H and O–H groups in total. The van der Waals surface area contributed by atoms with Crippen molar-refractivity contribution in [1.29, 1.82) is 0 Å². The fourth-order valence-electron chi connectivity index (χ4n) is 1.51. The highest BCUT2D eigenvalue weighted by Gasteiger charge is 2.17. The molecule has 1 aromatic rings. The number of aryl methyl sites for hydroxylation is 1. The first-order valence-corrected chi connectivity index (χ1v) is 6.31. The molecule has 0 saturated heterocycles. The van der Waals surface area contributed by atoms with Gasteiger partial charge in [-0.15, -0.1) is 0 Å². The van der Waals surface area contributed by atoms with Gasteiger partial charge in [-0.05, 0) is 19.1 Å². The number of methoxy groups -OCH3 is 1. The van der Waals surface area contributed by atoms with E-state index in [1.807, 2.05) is 6.92 Å². The molecule has 0 fully saturated rings. The Labute approximate surface area is 122 Å². The summed E-state index contributed by atoms with van der Waals surface area (Å²) < 4.78 is 4.67. The smallest absolute Gasteiger partial charge is 0.334 e.